The van der Waals surface area contributed by atoms with E-state index in [4.69, 9.17) is 21.1 Å². The number of benzene rings is 3. The Bertz CT molecular complexity index is 1530. The van der Waals surface area contributed by atoms with Crippen LogP contribution in [-0.2, 0) is 16.4 Å². The lowest BCUT2D eigenvalue weighted by Crippen LogP contribution is -2.20. The van der Waals surface area contributed by atoms with Crippen molar-refractivity contribution in [2.24, 2.45) is 0 Å². The number of hydrogen-bond acceptors (Lipinski definition) is 5. The summed E-state index contributed by atoms with van der Waals surface area (Å²) in [5.74, 6) is 0.322. The van der Waals surface area contributed by atoms with Crippen molar-refractivity contribution in [3.05, 3.63) is 93.5 Å². The van der Waals surface area contributed by atoms with Gasteiger partial charge in [-0.05, 0) is 36.4 Å². The Kier molecular flexibility index (Phi) is 4.91. The van der Waals surface area contributed by atoms with Crippen LogP contribution in [0.4, 0.5) is 4.39 Å². The molecule has 9 heteroatoms. The molecule has 2 heterocycles. The summed E-state index contributed by atoms with van der Waals surface area (Å²) in [5.41, 5.74) is 0.0561. The van der Waals surface area contributed by atoms with Crippen LogP contribution in [0.25, 0.3) is 10.9 Å². The first-order valence-corrected chi connectivity index (χ1v) is 11.4. The third-order valence-electron chi connectivity index (χ3n) is 5.25. The lowest BCUT2D eigenvalue weighted by atomic mass is 10.1. The van der Waals surface area contributed by atoms with Crippen molar-refractivity contribution in [3.8, 4) is 11.5 Å². The average Bonchev–Trinajstić information content (AvgIpc) is 3.24. The summed E-state index contributed by atoms with van der Waals surface area (Å²) >= 11 is 5.88. The largest absolute Gasteiger partial charge is 0.454 e. The molecule has 0 spiro atoms. The molecule has 0 amide bonds. The lowest BCUT2D eigenvalue weighted by Gasteiger charge is -2.15. The SMILES string of the molecule is O=c1c(S(=O)(=O)c2ccc(Cl)cc2)cn(Cc2ccccc2F)c2cc3c(cc12)OCO3. The van der Waals surface area contributed by atoms with Crippen molar-refractivity contribution in [2.75, 3.05) is 6.79 Å². The molecule has 6 nitrogen and oxygen atoms in total. The molecule has 0 aliphatic carbocycles. The molecule has 0 N–H and O–H groups in total. The molecule has 0 atom stereocenters. The monoisotopic (exact) mass is 471 g/mol. The van der Waals surface area contributed by atoms with Gasteiger partial charge in [0, 0.05) is 22.8 Å². The van der Waals surface area contributed by atoms with Gasteiger partial charge in [0.2, 0.25) is 22.1 Å². The number of aromatic nitrogens is 1. The number of rotatable bonds is 4. The quantitative estimate of drug-likeness (QED) is 0.441. The molecule has 0 fully saturated rings. The zero-order valence-corrected chi connectivity index (χ0v) is 18.0. The summed E-state index contributed by atoms with van der Waals surface area (Å²) < 4.78 is 53.3. The molecule has 3 aromatic carbocycles. The molecule has 162 valence electrons. The van der Waals surface area contributed by atoms with Crippen LogP contribution in [0.3, 0.4) is 0 Å². The highest BCUT2D eigenvalue weighted by Gasteiger charge is 2.26. The van der Waals surface area contributed by atoms with Crippen LogP contribution in [0.2, 0.25) is 5.02 Å². The number of halogens is 2. The van der Waals surface area contributed by atoms with Crippen molar-refractivity contribution < 1.29 is 22.3 Å². The van der Waals surface area contributed by atoms with Gasteiger partial charge in [0.15, 0.2) is 11.5 Å². The molecule has 1 aromatic heterocycles. The topological polar surface area (TPSA) is 74.6 Å². The molecular weight excluding hydrogens is 457 g/mol. The maximum Gasteiger partial charge on any atom is 0.231 e. The van der Waals surface area contributed by atoms with Gasteiger partial charge in [-0.15, -0.1) is 0 Å². The Balaban J connectivity index is 1.78. The predicted octanol–water partition coefficient (Wildman–Crippen LogP) is 4.40. The number of pyridine rings is 1. The van der Waals surface area contributed by atoms with Crippen LogP contribution in [0, 0.1) is 5.82 Å². The first-order chi connectivity index (χ1) is 15.3. The van der Waals surface area contributed by atoms with Crippen molar-refractivity contribution >= 4 is 32.3 Å². The Morgan fingerprint density at radius 3 is 2.41 bits per heavy atom. The predicted molar refractivity (Wildman–Crippen MR) is 117 cm³/mol. The van der Waals surface area contributed by atoms with Crippen LogP contribution in [-0.4, -0.2) is 19.8 Å². The summed E-state index contributed by atoms with van der Waals surface area (Å²) in [6.07, 6.45) is 1.24. The highest BCUT2D eigenvalue weighted by molar-refractivity contribution is 7.91. The molecule has 1 aliphatic rings. The van der Waals surface area contributed by atoms with E-state index in [-0.39, 0.29) is 23.6 Å². The maximum absolute atomic E-state index is 14.4. The molecule has 0 radical (unpaired) electrons. The minimum absolute atomic E-state index is 0.00619. The van der Waals surface area contributed by atoms with Crippen molar-refractivity contribution in [3.63, 3.8) is 0 Å². The van der Waals surface area contributed by atoms with E-state index in [1.807, 2.05) is 0 Å². The Morgan fingerprint density at radius 2 is 1.69 bits per heavy atom. The van der Waals surface area contributed by atoms with Crippen LogP contribution < -0.4 is 14.9 Å². The van der Waals surface area contributed by atoms with Gasteiger partial charge in [-0.1, -0.05) is 29.8 Å². The van der Waals surface area contributed by atoms with Crippen molar-refractivity contribution in [1.82, 2.24) is 4.57 Å². The normalized spacial score (nSPS) is 12.9. The molecule has 5 rings (SSSR count). The van der Waals surface area contributed by atoms with E-state index >= 15 is 0 Å². The molecule has 4 aromatic rings. The van der Waals surface area contributed by atoms with E-state index < -0.39 is 26.0 Å². The Morgan fingerprint density at radius 1 is 1.00 bits per heavy atom. The molecule has 32 heavy (non-hydrogen) atoms. The second-order valence-electron chi connectivity index (χ2n) is 7.22. The van der Waals surface area contributed by atoms with Crippen LogP contribution >= 0.6 is 11.6 Å². The first-order valence-electron chi connectivity index (χ1n) is 9.55. The Hall–Kier alpha value is -3.36. The van der Waals surface area contributed by atoms with Gasteiger partial charge in [0.05, 0.1) is 22.3 Å². The fourth-order valence-corrected chi connectivity index (χ4v) is 5.12. The fourth-order valence-electron chi connectivity index (χ4n) is 3.63. The van der Waals surface area contributed by atoms with Crippen molar-refractivity contribution in [2.45, 2.75) is 16.3 Å². The first kappa shape index (κ1) is 20.5. The molecule has 0 unspecified atom stereocenters. The zero-order chi connectivity index (χ0) is 22.5. The van der Waals surface area contributed by atoms with Gasteiger partial charge in [0.25, 0.3) is 0 Å². The second-order valence-corrected chi connectivity index (χ2v) is 9.58. The second kappa shape index (κ2) is 7.65. The van der Waals surface area contributed by atoms with Crippen LogP contribution in [0.5, 0.6) is 11.5 Å². The van der Waals surface area contributed by atoms with Gasteiger partial charge < -0.3 is 14.0 Å². The van der Waals surface area contributed by atoms with E-state index in [0.717, 1.165) is 0 Å². The number of sulfone groups is 1. The zero-order valence-electron chi connectivity index (χ0n) is 16.4. The molecule has 0 bridgehead atoms. The van der Waals surface area contributed by atoms with E-state index in [9.17, 15) is 17.6 Å². The number of hydrogen-bond donors (Lipinski definition) is 0. The van der Waals surface area contributed by atoms with E-state index in [1.54, 1.807) is 24.3 Å². The van der Waals surface area contributed by atoms with Gasteiger partial charge in [-0.2, -0.15) is 0 Å². The van der Waals surface area contributed by atoms with Gasteiger partial charge in [-0.25, -0.2) is 12.8 Å². The maximum atomic E-state index is 14.4. The molecule has 1 aliphatic heterocycles. The highest BCUT2D eigenvalue weighted by atomic mass is 35.5. The minimum Gasteiger partial charge on any atom is -0.454 e. The molecule has 0 saturated heterocycles. The standard InChI is InChI=1S/C23H15ClFNO5S/c24-15-5-7-16(8-6-15)32(28,29)22-12-26(11-14-3-1-2-4-18(14)25)19-10-21-20(30-13-31-21)9-17(19)23(22)27/h1-10,12H,11,13H2. The summed E-state index contributed by atoms with van der Waals surface area (Å²) in [4.78, 5) is 12.8. The van der Waals surface area contributed by atoms with Gasteiger partial charge in [0.1, 0.15) is 10.7 Å². The summed E-state index contributed by atoms with van der Waals surface area (Å²) in [7, 11) is -4.17. The number of fused-ring (bicyclic) bond motifs is 2. The summed E-state index contributed by atoms with van der Waals surface area (Å²) in [6.45, 7) is -0.00464. The van der Waals surface area contributed by atoms with Crippen LogP contribution in [0.1, 0.15) is 5.56 Å². The number of ether oxygens (including phenoxy) is 2. The van der Waals surface area contributed by atoms with E-state index in [2.05, 4.69) is 0 Å². The summed E-state index contributed by atoms with van der Waals surface area (Å²) in [6, 6.07) is 14.8. The van der Waals surface area contributed by atoms with Gasteiger partial charge >= 0.3 is 0 Å². The number of nitrogens with zero attached hydrogens (tertiary/aromatic N) is 1. The third kappa shape index (κ3) is 3.41. The fraction of sp³-hybridized carbons (Fsp3) is 0.0870. The van der Waals surface area contributed by atoms with Gasteiger partial charge in [-0.3, -0.25) is 4.79 Å². The smallest absolute Gasteiger partial charge is 0.231 e. The van der Waals surface area contributed by atoms with E-state index in [1.165, 1.54) is 47.2 Å². The average molecular weight is 472 g/mol. The molecule has 0 saturated carbocycles. The lowest BCUT2D eigenvalue weighted by molar-refractivity contribution is 0.174. The van der Waals surface area contributed by atoms with E-state index in [0.29, 0.717) is 27.6 Å². The molecular formula is C23H15ClFNO5S. The van der Waals surface area contributed by atoms with Crippen LogP contribution in [0.15, 0.2) is 81.4 Å². The van der Waals surface area contributed by atoms with Crippen molar-refractivity contribution in [1.29, 1.82) is 0 Å². The third-order valence-corrected chi connectivity index (χ3v) is 7.27. The minimum atomic E-state index is -4.17. The Labute approximate surface area is 187 Å². The highest BCUT2D eigenvalue weighted by Crippen LogP contribution is 2.36. The summed E-state index contributed by atoms with van der Waals surface area (Å²) in [5, 5.41) is 0.493.